The number of rotatable bonds is 8. The van der Waals surface area contributed by atoms with Crippen LogP contribution >= 0.6 is 0 Å². The van der Waals surface area contributed by atoms with Gasteiger partial charge >= 0.3 is 0 Å². The molecule has 0 bridgehead atoms. The molecule has 38 heavy (non-hydrogen) atoms. The fraction of sp³-hybridized carbons (Fsp3) is 0.379. The Bertz CT molecular complexity index is 1380. The van der Waals surface area contributed by atoms with E-state index in [-0.39, 0.29) is 30.0 Å². The van der Waals surface area contributed by atoms with E-state index in [0.29, 0.717) is 11.6 Å². The maximum absolute atomic E-state index is 12.7. The Morgan fingerprint density at radius 3 is 2.34 bits per heavy atom. The van der Waals surface area contributed by atoms with Crippen molar-refractivity contribution in [2.24, 2.45) is 5.92 Å². The molecule has 1 saturated carbocycles. The molecule has 4 N–H and O–H groups in total. The Labute approximate surface area is 222 Å². The number of hydrogen-bond donors (Lipinski definition) is 3. The van der Waals surface area contributed by atoms with Crippen molar-refractivity contribution >= 4 is 22.8 Å². The Morgan fingerprint density at radius 1 is 1.00 bits per heavy atom. The third-order valence-corrected chi connectivity index (χ3v) is 7.22. The first-order valence-electron chi connectivity index (χ1n) is 13.2. The molecule has 1 atom stereocenters. The van der Waals surface area contributed by atoms with Gasteiger partial charge in [0.1, 0.15) is 17.3 Å². The summed E-state index contributed by atoms with van der Waals surface area (Å²) in [6.07, 6.45) is 5.33. The van der Waals surface area contributed by atoms with E-state index >= 15 is 0 Å². The number of aromatic nitrogens is 4. The number of amides is 1. The largest absolute Gasteiger partial charge is 0.457 e. The van der Waals surface area contributed by atoms with Crippen molar-refractivity contribution in [1.82, 2.24) is 30.4 Å². The number of carbonyl (C=O) groups excluding carboxylic acids is 1. The van der Waals surface area contributed by atoms with Crippen LogP contribution in [0.1, 0.15) is 45.6 Å². The fourth-order valence-corrected chi connectivity index (χ4v) is 5.16. The highest BCUT2D eigenvalue weighted by Crippen LogP contribution is 2.33. The van der Waals surface area contributed by atoms with Crippen molar-refractivity contribution in [1.29, 1.82) is 0 Å². The van der Waals surface area contributed by atoms with Crippen LogP contribution in [-0.4, -0.2) is 44.8 Å². The summed E-state index contributed by atoms with van der Waals surface area (Å²) in [6.45, 7) is 4.10. The summed E-state index contributed by atoms with van der Waals surface area (Å²) in [5, 5.41) is 11.7. The number of likely N-dealkylation sites (N-methyl/N-ethyl adjacent to an activating group) is 1. The molecule has 1 amide bonds. The number of nitrogens with zero attached hydrogens (tertiary/aromatic N) is 4. The zero-order chi connectivity index (χ0) is 26.6. The Balaban J connectivity index is 1.30. The van der Waals surface area contributed by atoms with Crippen LogP contribution in [0.2, 0.25) is 0 Å². The molecule has 5 rings (SSSR count). The van der Waals surface area contributed by atoms with Crippen LogP contribution in [-0.2, 0) is 4.79 Å². The SMILES string of the molecule is CN[C@@H](C(=O)NC1CCC(n2ncc3c(N)nc(-c4ccc(Oc5ccccc5)cc4)nc32)CC1)C(C)C. The fourth-order valence-electron chi connectivity index (χ4n) is 5.16. The number of nitrogen functional groups attached to an aromatic ring is 1. The second-order valence-corrected chi connectivity index (χ2v) is 10.2. The molecule has 9 nitrogen and oxygen atoms in total. The van der Waals surface area contributed by atoms with E-state index in [1.54, 1.807) is 6.20 Å². The molecule has 0 unspecified atom stereocenters. The number of hydrogen-bond acceptors (Lipinski definition) is 7. The van der Waals surface area contributed by atoms with Crippen molar-refractivity contribution in [2.45, 2.75) is 57.7 Å². The van der Waals surface area contributed by atoms with Gasteiger partial charge in [0.15, 0.2) is 11.5 Å². The van der Waals surface area contributed by atoms with Gasteiger partial charge in [-0.05, 0) is 75.0 Å². The predicted molar refractivity (Wildman–Crippen MR) is 149 cm³/mol. The molecule has 9 heteroatoms. The van der Waals surface area contributed by atoms with E-state index in [1.807, 2.05) is 66.3 Å². The molecule has 0 saturated heterocycles. The number of ether oxygens (including phenoxy) is 1. The number of carbonyl (C=O) groups is 1. The molecular weight excluding hydrogens is 478 g/mol. The molecule has 2 aromatic carbocycles. The Kier molecular flexibility index (Phi) is 7.55. The maximum Gasteiger partial charge on any atom is 0.237 e. The highest BCUT2D eigenvalue weighted by atomic mass is 16.5. The highest BCUT2D eigenvalue weighted by molar-refractivity contribution is 5.87. The molecule has 0 radical (unpaired) electrons. The van der Waals surface area contributed by atoms with Gasteiger partial charge in [0.25, 0.3) is 0 Å². The first-order valence-corrected chi connectivity index (χ1v) is 13.2. The molecule has 0 spiro atoms. The Morgan fingerprint density at radius 2 is 1.68 bits per heavy atom. The molecule has 4 aromatic rings. The maximum atomic E-state index is 12.7. The zero-order valence-electron chi connectivity index (χ0n) is 22.1. The van der Waals surface area contributed by atoms with Gasteiger partial charge in [0.05, 0.1) is 23.7 Å². The van der Waals surface area contributed by atoms with Gasteiger partial charge in [-0.3, -0.25) is 4.79 Å². The third kappa shape index (κ3) is 5.47. The van der Waals surface area contributed by atoms with Gasteiger partial charge in [-0.15, -0.1) is 0 Å². The van der Waals surface area contributed by atoms with Gasteiger partial charge in [0, 0.05) is 11.6 Å². The summed E-state index contributed by atoms with van der Waals surface area (Å²) in [4.78, 5) is 22.1. The summed E-state index contributed by atoms with van der Waals surface area (Å²) in [5.74, 6) is 2.78. The quantitative estimate of drug-likeness (QED) is 0.312. The van der Waals surface area contributed by atoms with Crippen LogP contribution in [0.15, 0.2) is 60.8 Å². The van der Waals surface area contributed by atoms with Crippen LogP contribution < -0.4 is 21.1 Å². The lowest BCUT2D eigenvalue weighted by atomic mass is 9.90. The summed E-state index contributed by atoms with van der Waals surface area (Å²) in [6, 6.07) is 17.5. The lowest BCUT2D eigenvalue weighted by Crippen LogP contribution is -2.50. The molecule has 1 aliphatic rings. The van der Waals surface area contributed by atoms with E-state index < -0.39 is 0 Å². The molecule has 1 aliphatic carbocycles. The van der Waals surface area contributed by atoms with E-state index in [4.69, 9.17) is 15.5 Å². The lowest BCUT2D eigenvalue weighted by molar-refractivity contribution is -0.125. The predicted octanol–water partition coefficient (Wildman–Crippen LogP) is 4.71. The minimum absolute atomic E-state index is 0.0702. The number of para-hydroxylation sites is 1. The molecule has 1 fully saturated rings. The smallest absolute Gasteiger partial charge is 0.237 e. The van der Waals surface area contributed by atoms with Crippen LogP contribution in [0, 0.1) is 5.92 Å². The van der Waals surface area contributed by atoms with Gasteiger partial charge in [-0.25, -0.2) is 14.6 Å². The van der Waals surface area contributed by atoms with Gasteiger partial charge in [-0.1, -0.05) is 32.0 Å². The van der Waals surface area contributed by atoms with Crippen LogP contribution in [0.25, 0.3) is 22.4 Å². The molecular formula is C29H35N7O2. The summed E-state index contributed by atoms with van der Waals surface area (Å²) < 4.78 is 7.88. The minimum Gasteiger partial charge on any atom is -0.457 e. The normalized spacial score (nSPS) is 18.4. The Hall–Kier alpha value is -3.98. The third-order valence-electron chi connectivity index (χ3n) is 7.22. The highest BCUT2D eigenvalue weighted by Gasteiger charge is 2.28. The summed E-state index contributed by atoms with van der Waals surface area (Å²) in [5.41, 5.74) is 7.91. The minimum atomic E-state index is -0.181. The van der Waals surface area contributed by atoms with Crippen LogP contribution in [0.3, 0.4) is 0 Å². The molecule has 198 valence electrons. The van der Waals surface area contributed by atoms with Crippen molar-refractivity contribution in [3.05, 3.63) is 60.8 Å². The number of nitrogens with one attached hydrogen (secondary N) is 2. The lowest BCUT2D eigenvalue weighted by Gasteiger charge is -2.31. The first kappa shape index (κ1) is 25.7. The summed E-state index contributed by atoms with van der Waals surface area (Å²) in [7, 11) is 1.83. The van der Waals surface area contributed by atoms with E-state index in [1.165, 1.54) is 0 Å². The molecule has 0 aliphatic heterocycles. The average molecular weight is 514 g/mol. The second kappa shape index (κ2) is 11.2. The standard InChI is InChI=1S/C29H35N7O2/c1-18(2)25(31-3)29(37)33-20-11-13-21(14-12-20)36-28-24(17-32-36)26(30)34-27(35-28)19-9-15-23(16-10-19)38-22-7-5-4-6-8-22/h4-10,15-18,20-21,25,31H,11-14H2,1-3H3,(H,33,37)(H2,30,34,35)/t20?,21?,25-/m1/s1. The van der Waals surface area contributed by atoms with Crippen molar-refractivity contribution in [2.75, 3.05) is 12.8 Å². The number of benzene rings is 2. The van der Waals surface area contributed by atoms with Gasteiger partial charge in [0.2, 0.25) is 5.91 Å². The summed E-state index contributed by atoms with van der Waals surface area (Å²) >= 11 is 0. The number of nitrogens with two attached hydrogens (primary N) is 1. The molecule has 2 heterocycles. The average Bonchev–Trinajstić information content (AvgIpc) is 3.35. The van der Waals surface area contributed by atoms with E-state index in [0.717, 1.165) is 53.8 Å². The monoisotopic (exact) mass is 513 g/mol. The second-order valence-electron chi connectivity index (χ2n) is 10.2. The van der Waals surface area contributed by atoms with Gasteiger partial charge in [-0.2, -0.15) is 5.10 Å². The number of anilines is 1. The van der Waals surface area contributed by atoms with Crippen molar-refractivity contribution in [3.63, 3.8) is 0 Å². The van der Waals surface area contributed by atoms with Crippen molar-refractivity contribution in [3.8, 4) is 22.9 Å². The van der Waals surface area contributed by atoms with E-state index in [2.05, 4.69) is 34.6 Å². The van der Waals surface area contributed by atoms with Crippen molar-refractivity contribution < 1.29 is 9.53 Å². The van der Waals surface area contributed by atoms with Crippen LogP contribution in [0.4, 0.5) is 5.82 Å². The topological polar surface area (TPSA) is 120 Å². The molecule has 2 aromatic heterocycles. The van der Waals surface area contributed by atoms with Crippen LogP contribution in [0.5, 0.6) is 11.5 Å². The zero-order valence-corrected chi connectivity index (χ0v) is 22.1. The first-order chi connectivity index (χ1) is 18.4. The van der Waals surface area contributed by atoms with E-state index in [9.17, 15) is 4.79 Å². The number of fused-ring (bicyclic) bond motifs is 1. The van der Waals surface area contributed by atoms with Gasteiger partial charge < -0.3 is 21.1 Å².